The van der Waals surface area contributed by atoms with Gasteiger partial charge in [0.2, 0.25) is 5.91 Å². The van der Waals surface area contributed by atoms with Crippen molar-refractivity contribution in [2.75, 3.05) is 19.6 Å². The molecule has 4 heteroatoms. The van der Waals surface area contributed by atoms with Gasteiger partial charge in [0.05, 0.1) is 5.92 Å². The third kappa shape index (κ3) is 2.14. The van der Waals surface area contributed by atoms with Crippen LogP contribution in [0.5, 0.6) is 0 Å². The maximum absolute atomic E-state index is 11.4. The van der Waals surface area contributed by atoms with Crippen LogP contribution in [0.15, 0.2) is 18.5 Å². The second-order valence-corrected chi connectivity index (χ2v) is 3.62. The quantitative estimate of drug-likeness (QED) is 0.625. The standard InChI is InChI=1S/C10H15N3O/c14-10(9-6-12-7-9)13-4-2-8-1-3-11-5-8/h1,3,5,9,11-12H,2,4,6-7H2,(H,13,14). The third-order valence-corrected chi connectivity index (χ3v) is 2.53. The first-order valence-corrected chi connectivity index (χ1v) is 4.96. The number of aromatic amines is 1. The number of amides is 1. The Kier molecular flexibility index (Phi) is 2.84. The lowest BCUT2D eigenvalue weighted by Gasteiger charge is -2.25. The van der Waals surface area contributed by atoms with Crippen LogP contribution in [0.25, 0.3) is 0 Å². The molecule has 0 spiro atoms. The van der Waals surface area contributed by atoms with Crippen molar-refractivity contribution in [1.82, 2.24) is 15.6 Å². The van der Waals surface area contributed by atoms with Crippen LogP contribution in [0.2, 0.25) is 0 Å². The predicted molar refractivity (Wildman–Crippen MR) is 53.9 cm³/mol. The van der Waals surface area contributed by atoms with E-state index in [1.807, 2.05) is 18.5 Å². The summed E-state index contributed by atoms with van der Waals surface area (Å²) in [5.74, 6) is 0.375. The number of aromatic nitrogens is 1. The van der Waals surface area contributed by atoms with Crippen LogP contribution in [-0.2, 0) is 11.2 Å². The van der Waals surface area contributed by atoms with Gasteiger partial charge in [-0.2, -0.15) is 0 Å². The summed E-state index contributed by atoms with van der Waals surface area (Å²) in [5, 5.41) is 6.01. The molecule has 1 aliphatic heterocycles. The molecule has 1 fully saturated rings. The van der Waals surface area contributed by atoms with Gasteiger partial charge < -0.3 is 15.6 Å². The maximum Gasteiger partial charge on any atom is 0.225 e. The molecule has 0 radical (unpaired) electrons. The lowest BCUT2D eigenvalue weighted by Crippen LogP contribution is -2.51. The van der Waals surface area contributed by atoms with Crippen LogP contribution in [0, 0.1) is 5.92 Å². The minimum absolute atomic E-state index is 0.180. The Hall–Kier alpha value is -1.29. The van der Waals surface area contributed by atoms with Crippen molar-refractivity contribution < 1.29 is 4.79 Å². The summed E-state index contributed by atoms with van der Waals surface area (Å²) in [4.78, 5) is 14.4. The van der Waals surface area contributed by atoms with Gasteiger partial charge in [-0.3, -0.25) is 4.79 Å². The van der Waals surface area contributed by atoms with E-state index >= 15 is 0 Å². The van der Waals surface area contributed by atoms with Crippen LogP contribution >= 0.6 is 0 Å². The molecule has 4 nitrogen and oxygen atoms in total. The number of carbonyl (C=O) groups is 1. The summed E-state index contributed by atoms with van der Waals surface area (Å²) in [7, 11) is 0. The summed E-state index contributed by atoms with van der Waals surface area (Å²) in [6.07, 6.45) is 4.75. The van der Waals surface area contributed by atoms with E-state index in [4.69, 9.17) is 0 Å². The molecule has 2 heterocycles. The Labute approximate surface area is 83.1 Å². The molecular weight excluding hydrogens is 178 g/mol. The fourth-order valence-electron chi connectivity index (χ4n) is 1.46. The Morgan fingerprint density at radius 1 is 1.57 bits per heavy atom. The smallest absolute Gasteiger partial charge is 0.225 e. The fourth-order valence-corrected chi connectivity index (χ4v) is 1.46. The first-order chi connectivity index (χ1) is 6.86. The van der Waals surface area contributed by atoms with Crippen LogP contribution < -0.4 is 10.6 Å². The van der Waals surface area contributed by atoms with E-state index in [0.717, 1.165) is 26.1 Å². The first-order valence-electron chi connectivity index (χ1n) is 4.96. The molecule has 14 heavy (non-hydrogen) atoms. The highest BCUT2D eigenvalue weighted by atomic mass is 16.2. The molecule has 1 aromatic heterocycles. The predicted octanol–water partition coefficient (Wildman–Crippen LogP) is -0.107. The second-order valence-electron chi connectivity index (χ2n) is 3.62. The fraction of sp³-hybridized carbons (Fsp3) is 0.500. The van der Waals surface area contributed by atoms with Crippen molar-refractivity contribution >= 4 is 5.91 Å². The third-order valence-electron chi connectivity index (χ3n) is 2.53. The van der Waals surface area contributed by atoms with Gasteiger partial charge in [-0.25, -0.2) is 0 Å². The molecule has 0 unspecified atom stereocenters. The van der Waals surface area contributed by atoms with Gasteiger partial charge in [-0.15, -0.1) is 0 Å². The molecule has 0 aromatic carbocycles. The molecule has 76 valence electrons. The van der Waals surface area contributed by atoms with Crippen molar-refractivity contribution in [3.63, 3.8) is 0 Å². The average Bonchev–Trinajstić information content (AvgIpc) is 2.53. The molecule has 0 saturated carbocycles. The molecule has 1 aliphatic rings. The van der Waals surface area contributed by atoms with Crippen LogP contribution in [0.1, 0.15) is 5.56 Å². The van der Waals surface area contributed by atoms with E-state index in [9.17, 15) is 4.79 Å². The Morgan fingerprint density at radius 2 is 2.43 bits per heavy atom. The summed E-state index contributed by atoms with van der Waals surface area (Å²) >= 11 is 0. The topological polar surface area (TPSA) is 56.9 Å². The minimum Gasteiger partial charge on any atom is -0.367 e. The first kappa shape index (κ1) is 9.27. The summed E-state index contributed by atoms with van der Waals surface area (Å²) in [6.45, 7) is 2.39. The molecule has 1 saturated heterocycles. The average molecular weight is 193 g/mol. The van der Waals surface area contributed by atoms with Gasteiger partial charge in [0, 0.05) is 32.0 Å². The lowest BCUT2D eigenvalue weighted by molar-refractivity contribution is -0.126. The number of hydrogen-bond acceptors (Lipinski definition) is 2. The van der Waals surface area contributed by atoms with Gasteiger partial charge in [-0.05, 0) is 18.1 Å². The molecule has 2 rings (SSSR count). The molecule has 1 aromatic rings. The highest BCUT2D eigenvalue weighted by Gasteiger charge is 2.23. The van der Waals surface area contributed by atoms with Crippen LogP contribution in [0.4, 0.5) is 0 Å². The van der Waals surface area contributed by atoms with E-state index in [1.165, 1.54) is 5.56 Å². The van der Waals surface area contributed by atoms with E-state index in [-0.39, 0.29) is 11.8 Å². The number of hydrogen-bond donors (Lipinski definition) is 3. The maximum atomic E-state index is 11.4. The van der Waals surface area contributed by atoms with E-state index < -0.39 is 0 Å². The molecule has 0 aliphatic carbocycles. The number of carbonyl (C=O) groups excluding carboxylic acids is 1. The van der Waals surface area contributed by atoms with Crippen molar-refractivity contribution in [3.8, 4) is 0 Å². The van der Waals surface area contributed by atoms with Gasteiger partial charge >= 0.3 is 0 Å². The van der Waals surface area contributed by atoms with Gasteiger partial charge in [0.25, 0.3) is 0 Å². The molecule has 1 amide bonds. The molecular formula is C10H15N3O. The number of nitrogens with one attached hydrogen (secondary N) is 3. The molecule has 0 bridgehead atoms. The number of rotatable bonds is 4. The highest BCUT2D eigenvalue weighted by molar-refractivity contribution is 5.79. The summed E-state index contributed by atoms with van der Waals surface area (Å²) < 4.78 is 0. The zero-order chi connectivity index (χ0) is 9.80. The minimum atomic E-state index is 0.180. The Morgan fingerprint density at radius 3 is 3.00 bits per heavy atom. The second kappa shape index (κ2) is 4.28. The van der Waals surface area contributed by atoms with Crippen molar-refractivity contribution in [2.45, 2.75) is 6.42 Å². The number of H-pyrrole nitrogens is 1. The summed E-state index contributed by atoms with van der Waals surface area (Å²) in [6, 6.07) is 2.02. The van der Waals surface area contributed by atoms with E-state index in [1.54, 1.807) is 0 Å². The van der Waals surface area contributed by atoms with Crippen molar-refractivity contribution in [3.05, 3.63) is 24.0 Å². The van der Waals surface area contributed by atoms with Crippen molar-refractivity contribution in [2.24, 2.45) is 5.92 Å². The lowest BCUT2D eigenvalue weighted by atomic mass is 10.0. The van der Waals surface area contributed by atoms with Gasteiger partial charge in [0.1, 0.15) is 0 Å². The molecule has 0 atom stereocenters. The van der Waals surface area contributed by atoms with Crippen LogP contribution in [-0.4, -0.2) is 30.5 Å². The summed E-state index contributed by atoms with van der Waals surface area (Å²) in [5.41, 5.74) is 1.23. The molecule has 3 N–H and O–H groups in total. The normalized spacial score (nSPS) is 16.3. The highest BCUT2D eigenvalue weighted by Crippen LogP contribution is 2.02. The SMILES string of the molecule is O=C(NCCc1cc[nH]c1)C1CNC1. The Balaban J connectivity index is 1.65. The van der Waals surface area contributed by atoms with Gasteiger partial charge in [-0.1, -0.05) is 0 Å². The van der Waals surface area contributed by atoms with E-state index in [2.05, 4.69) is 15.6 Å². The van der Waals surface area contributed by atoms with Crippen molar-refractivity contribution in [1.29, 1.82) is 0 Å². The van der Waals surface area contributed by atoms with Crippen LogP contribution in [0.3, 0.4) is 0 Å². The monoisotopic (exact) mass is 193 g/mol. The van der Waals surface area contributed by atoms with Gasteiger partial charge in [0.15, 0.2) is 0 Å². The Bertz CT molecular complexity index is 290. The van der Waals surface area contributed by atoms with E-state index in [0.29, 0.717) is 0 Å². The zero-order valence-electron chi connectivity index (χ0n) is 8.05. The zero-order valence-corrected chi connectivity index (χ0v) is 8.05. The largest absolute Gasteiger partial charge is 0.367 e.